The van der Waals surface area contributed by atoms with E-state index in [1.54, 1.807) is 0 Å². The zero-order chi connectivity index (χ0) is 9.40. The summed E-state index contributed by atoms with van der Waals surface area (Å²) in [4.78, 5) is 0. The number of rotatable bonds is 7. The highest BCUT2D eigenvalue weighted by Gasteiger charge is 2.11. The van der Waals surface area contributed by atoms with Gasteiger partial charge in [0.1, 0.15) is 6.17 Å². The molecule has 0 rings (SSSR count). The van der Waals surface area contributed by atoms with Crippen LogP contribution in [-0.4, -0.2) is 27.2 Å². The summed E-state index contributed by atoms with van der Waals surface area (Å²) in [5.74, 6) is 0. The first-order valence-corrected chi connectivity index (χ1v) is 4.67. The van der Waals surface area contributed by atoms with Gasteiger partial charge >= 0.3 is 0 Å². The first-order valence-electron chi connectivity index (χ1n) is 4.67. The third-order valence-corrected chi connectivity index (χ3v) is 2.10. The molecule has 3 N–H and O–H groups in total. The first-order chi connectivity index (χ1) is 5.78. The maximum Gasteiger partial charge on any atom is 0.102 e. The smallest absolute Gasteiger partial charge is 0.102 e. The van der Waals surface area contributed by atoms with E-state index in [-0.39, 0.29) is 0 Å². The van der Waals surface area contributed by atoms with Crippen LogP contribution < -0.4 is 16.0 Å². The minimum Gasteiger partial charge on any atom is -0.317 e. The van der Waals surface area contributed by atoms with Crippen LogP contribution in [-0.2, 0) is 0 Å². The van der Waals surface area contributed by atoms with E-state index in [1.807, 2.05) is 21.1 Å². The first kappa shape index (κ1) is 11.9. The largest absolute Gasteiger partial charge is 0.317 e. The van der Waals surface area contributed by atoms with Crippen LogP contribution in [0.2, 0.25) is 0 Å². The second-order valence-corrected chi connectivity index (χ2v) is 2.96. The third-order valence-electron chi connectivity index (χ3n) is 2.10. The molecule has 0 aromatic heterocycles. The molecule has 0 aliphatic carbocycles. The predicted octanol–water partition coefficient (Wildman–Crippen LogP) is 0.693. The fraction of sp³-hybridized carbons (Fsp3) is 0.889. The Kier molecular flexibility index (Phi) is 7.45. The molecule has 0 saturated carbocycles. The van der Waals surface area contributed by atoms with Crippen molar-refractivity contribution in [2.75, 3.05) is 21.1 Å². The van der Waals surface area contributed by atoms with Gasteiger partial charge in [-0.25, -0.2) is 0 Å². The standard InChI is InChI=1S/C9H22N3/c1-5-6-8(10-2)7-9(11-3)12-4/h8,10-12H,5-7H2,1-4H3. The lowest BCUT2D eigenvalue weighted by Crippen LogP contribution is -2.36. The Balaban J connectivity index is 3.65. The third kappa shape index (κ3) is 4.70. The minimum atomic E-state index is 0.588. The van der Waals surface area contributed by atoms with Gasteiger partial charge in [-0.1, -0.05) is 13.3 Å². The van der Waals surface area contributed by atoms with E-state index in [0.29, 0.717) is 6.04 Å². The van der Waals surface area contributed by atoms with Crippen molar-refractivity contribution in [1.29, 1.82) is 0 Å². The van der Waals surface area contributed by atoms with Gasteiger partial charge in [-0.3, -0.25) is 10.6 Å². The molecule has 0 fully saturated rings. The van der Waals surface area contributed by atoms with Crippen molar-refractivity contribution < 1.29 is 0 Å². The summed E-state index contributed by atoms with van der Waals surface area (Å²) in [6.45, 7) is 2.21. The maximum absolute atomic E-state index is 3.30. The van der Waals surface area contributed by atoms with Crippen LogP contribution in [0.3, 0.4) is 0 Å². The molecule has 3 heteroatoms. The minimum absolute atomic E-state index is 0.588. The van der Waals surface area contributed by atoms with E-state index in [1.165, 1.54) is 19.0 Å². The van der Waals surface area contributed by atoms with Gasteiger partial charge in [0.05, 0.1) is 0 Å². The Bertz CT molecular complexity index is 91.8. The Hall–Kier alpha value is -0.120. The summed E-state index contributed by atoms with van der Waals surface area (Å²) < 4.78 is 0. The Morgan fingerprint density at radius 1 is 1.17 bits per heavy atom. The molecule has 0 aliphatic heterocycles. The van der Waals surface area contributed by atoms with Crippen molar-refractivity contribution in [2.45, 2.75) is 32.2 Å². The van der Waals surface area contributed by atoms with Gasteiger partial charge in [-0.05, 0) is 34.0 Å². The molecule has 0 aromatic carbocycles. The van der Waals surface area contributed by atoms with Crippen molar-refractivity contribution in [1.82, 2.24) is 16.0 Å². The molecule has 73 valence electrons. The zero-order valence-corrected chi connectivity index (χ0v) is 8.70. The van der Waals surface area contributed by atoms with Crippen LogP contribution in [0.1, 0.15) is 26.2 Å². The molecule has 1 unspecified atom stereocenters. The van der Waals surface area contributed by atoms with Gasteiger partial charge in [0, 0.05) is 6.04 Å². The summed E-state index contributed by atoms with van der Waals surface area (Å²) in [5, 5.41) is 9.58. The van der Waals surface area contributed by atoms with Crippen LogP contribution in [0.25, 0.3) is 0 Å². The van der Waals surface area contributed by atoms with E-state index in [2.05, 4.69) is 22.9 Å². The quantitative estimate of drug-likeness (QED) is 0.529. The van der Waals surface area contributed by atoms with Crippen LogP contribution in [0.15, 0.2) is 0 Å². The van der Waals surface area contributed by atoms with Gasteiger partial charge in [0.15, 0.2) is 0 Å². The van der Waals surface area contributed by atoms with Crippen molar-refractivity contribution in [3.63, 3.8) is 0 Å². The van der Waals surface area contributed by atoms with Gasteiger partial charge in [0.2, 0.25) is 0 Å². The normalized spacial score (nSPS) is 13.8. The summed E-state index contributed by atoms with van der Waals surface area (Å²) >= 11 is 0. The van der Waals surface area contributed by atoms with Crippen molar-refractivity contribution in [2.24, 2.45) is 0 Å². The summed E-state index contributed by atoms with van der Waals surface area (Å²) in [7, 11) is 5.91. The average Bonchev–Trinajstić information content (AvgIpc) is 2.12. The molecule has 0 amide bonds. The molecular weight excluding hydrogens is 150 g/mol. The lowest BCUT2D eigenvalue weighted by atomic mass is 10.1. The van der Waals surface area contributed by atoms with Gasteiger partial charge in [-0.15, -0.1) is 0 Å². The van der Waals surface area contributed by atoms with E-state index in [0.717, 1.165) is 6.42 Å². The lowest BCUT2D eigenvalue weighted by molar-refractivity contribution is 0.450. The highest BCUT2D eigenvalue weighted by molar-refractivity contribution is 4.85. The van der Waals surface area contributed by atoms with E-state index >= 15 is 0 Å². The summed E-state index contributed by atoms with van der Waals surface area (Å²) in [6, 6.07) is 0.588. The highest BCUT2D eigenvalue weighted by Crippen LogP contribution is 2.06. The topological polar surface area (TPSA) is 36.1 Å². The Labute approximate surface area is 76.3 Å². The SMILES string of the molecule is CCCC(C[C](NC)NC)NC. The van der Waals surface area contributed by atoms with Crippen molar-refractivity contribution in [3.05, 3.63) is 6.17 Å². The van der Waals surface area contributed by atoms with E-state index in [9.17, 15) is 0 Å². The van der Waals surface area contributed by atoms with Crippen LogP contribution >= 0.6 is 0 Å². The number of hydrogen-bond acceptors (Lipinski definition) is 3. The van der Waals surface area contributed by atoms with Gasteiger partial charge < -0.3 is 5.32 Å². The summed E-state index contributed by atoms with van der Waals surface area (Å²) in [5.41, 5.74) is 0. The van der Waals surface area contributed by atoms with Gasteiger partial charge in [0.25, 0.3) is 0 Å². The molecule has 0 saturated heterocycles. The zero-order valence-electron chi connectivity index (χ0n) is 8.70. The number of nitrogens with one attached hydrogen (secondary N) is 3. The molecule has 0 bridgehead atoms. The highest BCUT2D eigenvalue weighted by atomic mass is 15.1. The molecular formula is C9H22N3. The second kappa shape index (κ2) is 7.53. The van der Waals surface area contributed by atoms with Crippen LogP contribution in [0, 0.1) is 6.17 Å². The molecule has 1 atom stereocenters. The monoisotopic (exact) mass is 172 g/mol. The molecule has 0 aliphatic rings. The fourth-order valence-electron chi connectivity index (χ4n) is 1.27. The lowest BCUT2D eigenvalue weighted by Gasteiger charge is -2.21. The number of hydrogen-bond donors (Lipinski definition) is 3. The predicted molar refractivity (Wildman–Crippen MR) is 53.7 cm³/mol. The molecule has 0 heterocycles. The van der Waals surface area contributed by atoms with Crippen molar-refractivity contribution >= 4 is 0 Å². The average molecular weight is 172 g/mol. The molecule has 3 nitrogen and oxygen atoms in total. The van der Waals surface area contributed by atoms with E-state index < -0.39 is 0 Å². The van der Waals surface area contributed by atoms with E-state index in [4.69, 9.17) is 0 Å². The molecule has 12 heavy (non-hydrogen) atoms. The van der Waals surface area contributed by atoms with Crippen LogP contribution in [0.4, 0.5) is 0 Å². The Morgan fingerprint density at radius 3 is 2.08 bits per heavy atom. The Morgan fingerprint density at radius 2 is 1.75 bits per heavy atom. The second-order valence-electron chi connectivity index (χ2n) is 2.96. The maximum atomic E-state index is 3.30. The molecule has 0 spiro atoms. The van der Waals surface area contributed by atoms with Crippen LogP contribution in [0.5, 0.6) is 0 Å². The molecule has 0 aromatic rings. The summed E-state index contributed by atoms with van der Waals surface area (Å²) in [6.07, 6.45) is 4.70. The van der Waals surface area contributed by atoms with Crippen molar-refractivity contribution in [3.8, 4) is 0 Å². The molecule has 1 radical (unpaired) electrons. The fourth-order valence-corrected chi connectivity index (χ4v) is 1.27. The van der Waals surface area contributed by atoms with Gasteiger partial charge in [-0.2, -0.15) is 0 Å².